The minimum absolute atomic E-state index is 0.789. The highest BCUT2D eigenvalue weighted by Gasteiger charge is 2.26. The maximum Gasteiger partial charge on any atom is 0.159 e. The zero-order chi connectivity index (χ0) is 12.5. The van der Waals surface area contributed by atoms with Crippen LogP contribution in [0.15, 0.2) is 48.5 Å². The van der Waals surface area contributed by atoms with Gasteiger partial charge in [-0.3, -0.25) is 0 Å². The quantitative estimate of drug-likeness (QED) is 0.612. The minimum atomic E-state index is -1.24. The summed E-state index contributed by atoms with van der Waals surface area (Å²) < 4.78 is 0. The molecule has 2 heteroatoms. The highest BCUT2D eigenvalue weighted by molar-refractivity contribution is 7.81. The Labute approximate surface area is 108 Å². The lowest BCUT2D eigenvalue weighted by Gasteiger charge is -2.23. The van der Waals surface area contributed by atoms with Crippen LogP contribution in [-0.2, 0) is 4.93 Å². The third-order valence-electron chi connectivity index (χ3n) is 2.87. The van der Waals surface area contributed by atoms with Crippen molar-refractivity contribution in [2.75, 3.05) is 0 Å². The van der Waals surface area contributed by atoms with Crippen molar-refractivity contribution in [3.63, 3.8) is 0 Å². The first-order chi connectivity index (χ1) is 8.00. The average molecular weight is 244 g/mol. The van der Waals surface area contributed by atoms with Crippen LogP contribution in [0.1, 0.15) is 22.3 Å². The van der Waals surface area contributed by atoms with Gasteiger partial charge < -0.3 is 5.11 Å². The van der Waals surface area contributed by atoms with Crippen molar-refractivity contribution in [2.45, 2.75) is 18.8 Å². The molecular formula is C15H16OS. The van der Waals surface area contributed by atoms with E-state index in [0.29, 0.717) is 0 Å². The summed E-state index contributed by atoms with van der Waals surface area (Å²) in [6, 6.07) is 15.5. The van der Waals surface area contributed by atoms with E-state index in [2.05, 4.69) is 12.6 Å². The molecule has 0 saturated heterocycles. The Morgan fingerprint density at radius 1 is 0.882 bits per heavy atom. The standard InChI is InChI=1S/C15H16OS/c1-11-6-8-13(9-7-11)15(16,17)14-5-3-4-12(2)10-14/h3-10,16-17H,1-2H3. The highest BCUT2D eigenvalue weighted by Crippen LogP contribution is 2.33. The predicted octanol–water partition coefficient (Wildman–Crippen LogP) is 3.43. The third-order valence-corrected chi connectivity index (χ3v) is 3.39. The SMILES string of the molecule is Cc1ccc(C(O)(S)c2cccc(C)c2)cc1. The lowest BCUT2D eigenvalue weighted by atomic mass is 9.98. The summed E-state index contributed by atoms with van der Waals surface area (Å²) in [5.41, 5.74) is 3.87. The van der Waals surface area contributed by atoms with E-state index >= 15 is 0 Å². The van der Waals surface area contributed by atoms with Crippen LogP contribution in [0.25, 0.3) is 0 Å². The molecule has 0 fully saturated rings. The molecule has 0 radical (unpaired) electrons. The smallest absolute Gasteiger partial charge is 0.159 e. The van der Waals surface area contributed by atoms with Crippen molar-refractivity contribution in [2.24, 2.45) is 0 Å². The average Bonchev–Trinajstić information content (AvgIpc) is 2.29. The van der Waals surface area contributed by atoms with E-state index in [-0.39, 0.29) is 0 Å². The fraction of sp³-hybridized carbons (Fsp3) is 0.200. The van der Waals surface area contributed by atoms with Gasteiger partial charge in [-0.25, -0.2) is 0 Å². The van der Waals surface area contributed by atoms with Crippen LogP contribution in [-0.4, -0.2) is 5.11 Å². The molecule has 0 aliphatic heterocycles. The van der Waals surface area contributed by atoms with Crippen LogP contribution >= 0.6 is 12.6 Å². The van der Waals surface area contributed by atoms with Gasteiger partial charge in [0.15, 0.2) is 4.93 Å². The molecule has 0 aromatic heterocycles. The zero-order valence-electron chi connectivity index (χ0n) is 10.0. The first kappa shape index (κ1) is 12.2. The van der Waals surface area contributed by atoms with E-state index in [9.17, 15) is 5.11 Å². The Bertz CT molecular complexity index is 515. The number of benzene rings is 2. The molecule has 17 heavy (non-hydrogen) atoms. The summed E-state index contributed by atoms with van der Waals surface area (Å²) in [6.45, 7) is 4.02. The normalized spacial score (nSPS) is 14.4. The van der Waals surface area contributed by atoms with Crippen molar-refractivity contribution in [1.29, 1.82) is 0 Å². The van der Waals surface area contributed by atoms with Gasteiger partial charge in [0.25, 0.3) is 0 Å². The van der Waals surface area contributed by atoms with E-state index in [1.54, 1.807) is 0 Å². The van der Waals surface area contributed by atoms with Crippen molar-refractivity contribution >= 4 is 12.6 Å². The van der Waals surface area contributed by atoms with E-state index in [1.807, 2.05) is 62.4 Å². The zero-order valence-corrected chi connectivity index (χ0v) is 10.9. The summed E-state index contributed by atoms with van der Waals surface area (Å²) >= 11 is 4.40. The maximum atomic E-state index is 10.5. The molecule has 2 aromatic rings. The molecule has 1 atom stereocenters. The fourth-order valence-electron chi connectivity index (χ4n) is 1.81. The van der Waals surface area contributed by atoms with E-state index in [0.717, 1.165) is 16.7 Å². The molecule has 1 N–H and O–H groups in total. The molecular weight excluding hydrogens is 228 g/mol. The number of hydrogen-bond donors (Lipinski definition) is 2. The van der Waals surface area contributed by atoms with Gasteiger partial charge in [0, 0.05) is 0 Å². The van der Waals surface area contributed by atoms with Crippen LogP contribution in [0.4, 0.5) is 0 Å². The van der Waals surface area contributed by atoms with Gasteiger partial charge in [0.2, 0.25) is 0 Å². The van der Waals surface area contributed by atoms with E-state index in [4.69, 9.17) is 0 Å². The minimum Gasteiger partial charge on any atom is -0.371 e. The lowest BCUT2D eigenvalue weighted by molar-refractivity contribution is 0.184. The number of rotatable bonds is 2. The second-order valence-corrected chi connectivity index (χ2v) is 5.05. The lowest BCUT2D eigenvalue weighted by Crippen LogP contribution is -2.19. The first-order valence-corrected chi connectivity index (χ1v) is 6.04. The molecule has 0 heterocycles. The summed E-state index contributed by atoms with van der Waals surface area (Å²) in [5, 5.41) is 10.5. The first-order valence-electron chi connectivity index (χ1n) is 5.59. The van der Waals surface area contributed by atoms with E-state index < -0.39 is 4.93 Å². The maximum absolute atomic E-state index is 10.5. The molecule has 2 aromatic carbocycles. The Hall–Kier alpha value is -1.25. The van der Waals surface area contributed by atoms with Crippen LogP contribution < -0.4 is 0 Å². The number of aryl methyl sites for hydroxylation is 2. The van der Waals surface area contributed by atoms with Crippen LogP contribution in [0.3, 0.4) is 0 Å². The van der Waals surface area contributed by atoms with Gasteiger partial charge in [-0.15, -0.1) is 12.6 Å². The second-order valence-electron chi connectivity index (χ2n) is 4.41. The monoisotopic (exact) mass is 244 g/mol. The van der Waals surface area contributed by atoms with Crippen molar-refractivity contribution in [3.05, 3.63) is 70.8 Å². The molecule has 1 nitrogen and oxygen atoms in total. The van der Waals surface area contributed by atoms with Gasteiger partial charge in [-0.1, -0.05) is 59.7 Å². The number of hydrogen-bond acceptors (Lipinski definition) is 2. The highest BCUT2D eigenvalue weighted by atomic mass is 32.1. The van der Waals surface area contributed by atoms with E-state index in [1.165, 1.54) is 5.56 Å². The van der Waals surface area contributed by atoms with Crippen molar-refractivity contribution in [3.8, 4) is 0 Å². The molecule has 1 unspecified atom stereocenters. The summed E-state index contributed by atoms with van der Waals surface area (Å²) in [4.78, 5) is -1.24. The van der Waals surface area contributed by atoms with Crippen LogP contribution in [0, 0.1) is 13.8 Å². The molecule has 0 saturated carbocycles. The van der Waals surface area contributed by atoms with Crippen LogP contribution in [0.2, 0.25) is 0 Å². The Kier molecular flexibility index (Phi) is 3.27. The van der Waals surface area contributed by atoms with Gasteiger partial charge in [0.1, 0.15) is 0 Å². The van der Waals surface area contributed by atoms with Crippen molar-refractivity contribution in [1.82, 2.24) is 0 Å². The predicted molar refractivity (Wildman–Crippen MR) is 74.3 cm³/mol. The van der Waals surface area contributed by atoms with Gasteiger partial charge in [0.05, 0.1) is 0 Å². The van der Waals surface area contributed by atoms with Gasteiger partial charge in [-0.2, -0.15) is 0 Å². The van der Waals surface area contributed by atoms with Crippen LogP contribution in [0.5, 0.6) is 0 Å². The van der Waals surface area contributed by atoms with Gasteiger partial charge in [-0.05, 0) is 25.0 Å². The topological polar surface area (TPSA) is 20.2 Å². The molecule has 0 spiro atoms. The Balaban J connectivity index is 2.45. The van der Waals surface area contributed by atoms with Crippen molar-refractivity contribution < 1.29 is 5.11 Å². The number of thiol groups is 1. The fourth-order valence-corrected chi connectivity index (χ4v) is 2.10. The third kappa shape index (κ3) is 2.54. The summed E-state index contributed by atoms with van der Waals surface area (Å²) in [7, 11) is 0. The second kappa shape index (κ2) is 4.55. The molecule has 0 bridgehead atoms. The number of aliphatic hydroxyl groups is 1. The summed E-state index contributed by atoms with van der Waals surface area (Å²) in [6.07, 6.45) is 0. The molecule has 0 aliphatic carbocycles. The Morgan fingerprint density at radius 3 is 2.12 bits per heavy atom. The summed E-state index contributed by atoms with van der Waals surface area (Å²) in [5.74, 6) is 0. The molecule has 2 rings (SSSR count). The molecule has 0 amide bonds. The molecule has 0 aliphatic rings. The largest absolute Gasteiger partial charge is 0.371 e. The molecule has 88 valence electrons. The van der Waals surface area contributed by atoms with Gasteiger partial charge >= 0.3 is 0 Å². The Morgan fingerprint density at radius 2 is 1.53 bits per heavy atom.